The first-order valence-electron chi connectivity index (χ1n) is 11.2. The highest BCUT2D eigenvalue weighted by molar-refractivity contribution is 6.76. The first kappa shape index (κ1) is 26.8. The Morgan fingerprint density at radius 1 is 0.818 bits per heavy atom. The van der Waals surface area contributed by atoms with Crippen molar-refractivity contribution in [2.75, 3.05) is 0 Å². The van der Waals surface area contributed by atoms with E-state index in [2.05, 4.69) is 64.1 Å². The zero-order chi connectivity index (χ0) is 24.9. The van der Waals surface area contributed by atoms with Crippen LogP contribution < -0.4 is 4.43 Å². The van der Waals surface area contributed by atoms with Gasteiger partial charge in [-0.1, -0.05) is 42.5 Å². The van der Waals surface area contributed by atoms with Crippen molar-refractivity contribution >= 4 is 42.7 Å². The van der Waals surface area contributed by atoms with E-state index < -0.39 is 24.9 Å². The summed E-state index contributed by atoms with van der Waals surface area (Å²) in [6.45, 7) is 18.8. The Hall–Kier alpha value is -2.50. The summed E-state index contributed by atoms with van der Waals surface area (Å²) in [5, 5.41) is 9.07. The molecule has 9 heteroatoms. The molecular weight excluding hydrogens is 463 g/mol. The maximum Gasteiger partial charge on any atom is 0.278 e. The predicted molar refractivity (Wildman–Crippen MR) is 146 cm³/mol. The van der Waals surface area contributed by atoms with Gasteiger partial charge in [-0.3, -0.25) is 9.47 Å². The number of carbonyl (C=O) groups excluding carboxylic acids is 1. The Morgan fingerprint density at radius 2 is 1.39 bits per heavy atom. The van der Waals surface area contributed by atoms with Crippen molar-refractivity contribution < 1.29 is 13.7 Å². The van der Waals surface area contributed by atoms with Crippen molar-refractivity contribution in [2.24, 2.45) is 10.3 Å². The van der Waals surface area contributed by atoms with Gasteiger partial charge < -0.3 is 8.95 Å². The molecule has 0 aliphatic heterocycles. The second-order valence-corrected chi connectivity index (χ2v) is 24.4. The number of para-hydroxylation sites is 1. The molecule has 0 bridgehead atoms. The van der Waals surface area contributed by atoms with Gasteiger partial charge in [-0.25, -0.2) is 0 Å². The van der Waals surface area contributed by atoms with E-state index in [-0.39, 0.29) is 5.91 Å². The van der Waals surface area contributed by atoms with Crippen molar-refractivity contribution in [2.45, 2.75) is 58.9 Å². The first-order valence-corrected chi connectivity index (χ1v) is 21.4. The lowest BCUT2D eigenvalue weighted by atomic mass is 10.1. The lowest BCUT2D eigenvalue weighted by molar-refractivity contribution is 0.0852. The van der Waals surface area contributed by atoms with Gasteiger partial charge in [0.05, 0.1) is 11.8 Å². The molecule has 0 atom stereocenters. The van der Waals surface area contributed by atoms with E-state index in [0.717, 1.165) is 5.56 Å². The molecule has 178 valence electrons. The highest BCUT2D eigenvalue weighted by atomic mass is 28.4. The molecule has 1 amide bonds. The van der Waals surface area contributed by atoms with E-state index >= 15 is 0 Å². The molecule has 33 heavy (non-hydrogen) atoms. The number of rotatable bonds is 9. The first-order chi connectivity index (χ1) is 15.2. The van der Waals surface area contributed by atoms with Crippen molar-refractivity contribution in [3.63, 3.8) is 0 Å². The van der Waals surface area contributed by atoms with Gasteiger partial charge in [0, 0.05) is 5.56 Å². The molecule has 2 aromatic carbocycles. The summed E-state index contributed by atoms with van der Waals surface area (Å²) < 4.78 is 13.6. The molecule has 0 spiro atoms. The fourth-order valence-electron chi connectivity index (χ4n) is 2.79. The summed E-state index contributed by atoms with van der Waals surface area (Å²) in [4.78, 5) is 13.8. The summed E-state index contributed by atoms with van der Waals surface area (Å²) in [6, 6.07) is 17.2. The van der Waals surface area contributed by atoms with E-state index in [4.69, 9.17) is 14.1 Å². The van der Waals surface area contributed by atoms with Gasteiger partial charge in [-0.2, -0.15) is 5.10 Å². The third-order valence-corrected chi connectivity index (χ3v) is 7.20. The standard InChI is InChI=1S/C24H37N3O3Si3/c1-31(2,3)27(24(28)21-17-13-14-18-23(21)29-32(4,5)6)26-22(19-25-30-33(7,8)9)20-15-11-10-12-16-20/h10-19H,1-9H3/b25-19+,26-22-. The molecule has 0 aromatic heterocycles. The van der Waals surface area contributed by atoms with Crippen LogP contribution in [0.3, 0.4) is 0 Å². The van der Waals surface area contributed by atoms with Crippen LogP contribution in [0.2, 0.25) is 58.9 Å². The zero-order valence-electron chi connectivity index (χ0n) is 21.3. The number of nitrogens with zero attached hydrogens (tertiary/aromatic N) is 3. The van der Waals surface area contributed by atoms with Crippen LogP contribution in [0.5, 0.6) is 5.75 Å². The lowest BCUT2D eigenvalue weighted by Gasteiger charge is -2.31. The molecule has 0 aliphatic rings. The Labute approximate surface area is 201 Å². The molecule has 2 rings (SSSR count). The number of benzene rings is 2. The van der Waals surface area contributed by atoms with Gasteiger partial charge in [-0.15, -0.1) is 5.16 Å². The van der Waals surface area contributed by atoms with Crippen LogP contribution in [0.15, 0.2) is 64.9 Å². The van der Waals surface area contributed by atoms with Gasteiger partial charge >= 0.3 is 0 Å². The van der Waals surface area contributed by atoms with Crippen molar-refractivity contribution in [1.82, 2.24) is 4.67 Å². The van der Waals surface area contributed by atoms with Gasteiger partial charge in [0.2, 0.25) is 8.32 Å². The number of hydrogen-bond acceptors (Lipinski definition) is 5. The number of hydrazone groups is 1. The van der Waals surface area contributed by atoms with E-state index in [1.54, 1.807) is 10.9 Å². The van der Waals surface area contributed by atoms with E-state index in [9.17, 15) is 4.79 Å². The fraction of sp³-hybridized carbons (Fsp3) is 0.375. The van der Waals surface area contributed by atoms with Crippen LogP contribution in [0.1, 0.15) is 15.9 Å². The van der Waals surface area contributed by atoms with Gasteiger partial charge in [0.15, 0.2) is 8.24 Å². The average Bonchev–Trinajstić information content (AvgIpc) is 2.68. The van der Waals surface area contributed by atoms with Crippen LogP contribution in [-0.2, 0) is 4.53 Å². The largest absolute Gasteiger partial charge is 0.544 e. The molecule has 6 nitrogen and oxygen atoms in total. The SMILES string of the molecule is C[Si](C)(C)O/N=C/C(=N/N(C(=O)c1ccccc1O[Si](C)(C)C)[Si](C)(C)C)c1ccccc1. The molecule has 0 unspecified atom stereocenters. The normalized spacial score (nSPS) is 13.2. The Balaban J connectivity index is 2.57. The minimum absolute atomic E-state index is 0.170. The molecule has 0 radical (unpaired) electrons. The third-order valence-electron chi connectivity index (χ3n) is 4.14. The number of carbonyl (C=O) groups is 1. The van der Waals surface area contributed by atoms with Gasteiger partial charge in [0.25, 0.3) is 14.2 Å². The van der Waals surface area contributed by atoms with Crippen LogP contribution in [0, 0.1) is 0 Å². The third kappa shape index (κ3) is 8.75. The number of amides is 1. The van der Waals surface area contributed by atoms with Gasteiger partial charge in [0.1, 0.15) is 11.5 Å². The highest BCUT2D eigenvalue weighted by Gasteiger charge is 2.32. The molecule has 0 N–H and O–H groups in total. The lowest BCUT2D eigenvalue weighted by Crippen LogP contribution is -2.47. The summed E-state index contributed by atoms with van der Waals surface area (Å²) >= 11 is 0. The monoisotopic (exact) mass is 499 g/mol. The maximum absolute atomic E-state index is 13.8. The van der Waals surface area contributed by atoms with Crippen LogP contribution >= 0.6 is 0 Å². The molecule has 0 heterocycles. The second kappa shape index (κ2) is 10.6. The van der Waals surface area contributed by atoms with E-state index in [0.29, 0.717) is 17.0 Å². The highest BCUT2D eigenvalue weighted by Crippen LogP contribution is 2.26. The minimum atomic E-state index is -2.23. The zero-order valence-corrected chi connectivity index (χ0v) is 24.3. The summed E-state index contributed by atoms with van der Waals surface area (Å²) in [7, 11) is -5.98. The summed E-state index contributed by atoms with van der Waals surface area (Å²) in [5.74, 6) is 0.438. The number of oxime groups is 1. The average molecular weight is 500 g/mol. The van der Waals surface area contributed by atoms with Crippen molar-refractivity contribution in [3.8, 4) is 5.75 Å². The minimum Gasteiger partial charge on any atom is -0.544 e. The molecule has 0 aliphatic carbocycles. The van der Waals surface area contributed by atoms with Crippen LogP contribution in [0.4, 0.5) is 0 Å². The molecule has 0 saturated heterocycles. The number of hydrogen-bond donors (Lipinski definition) is 0. The predicted octanol–water partition coefficient (Wildman–Crippen LogP) is 6.42. The maximum atomic E-state index is 13.8. The summed E-state index contributed by atoms with van der Waals surface area (Å²) in [5.41, 5.74) is 1.96. The second-order valence-electron chi connectivity index (χ2n) is 10.8. The Bertz CT molecular complexity index is 1010. The fourth-order valence-corrected chi connectivity index (χ4v) is 5.13. The van der Waals surface area contributed by atoms with E-state index in [1.165, 1.54) is 0 Å². The molecule has 0 fully saturated rings. The summed E-state index contributed by atoms with van der Waals surface area (Å²) in [6.07, 6.45) is 1.61. The van der Waals surface area contributed by atoms with Crippen LogP contribution in [0.25, 0.3) is 0 Å². The molecule has 2 aromatic rings. The molecule has 0 saturated carbocycles. The Kier molecular flexibility index (Phi) is 8.61. The quantitative estimate of drug-likeness (QED) is 0.227. The van der Waals surface area contributed by atoms with E-state index in [1.807, 2.05) is 54.6 Å². The smallest absolute Gasteiger partial charge is 0.278 e. The van der Waals surface area contributed by atoms with Gasteiger partial charge in [-0.05, 0) is 71.1 Å². The molecular formula is C24H37N3O3Si3. The van der Waals surface area contributed by atoms with Crippen molar-refractivity contribution in [1.29, 1.82) is 0 Å². The van der Waals surface area contributed by atoms with Crippen LogP contribution in [-0.4, -0.2) is 47.4 Å². The van der Waals surface area contributed by atoms with Crippen molar-refractivity contribution in [3.05, 3.63) is 65.7 Å². The topological polar surface area (TPSA) is 63.5 Å². The Morgan fingerprint density at radius 3 is 1.94 bits per heavy atom.